The minimum Gasteiger partial charge on any atom is -0.317 e. The van der Waals surface area contributed by atoms with Crippen molar-refractivity contribution in [1.29, 1.82) is 0 Å². The molecule has 4 N–H and O–H groups in total. The summed E-state index contributed by atoms with van der Waals surface area (Å²) in [6, 6.07) is 0. The van der Waals surface area contributed by atoms with Crippen LogP contribution in [0.2, 0.25) is 0 Å². The molecule has 0 aliphatic carbocycles. The molecule has 0 spiro atoms. The zero-order valence-electron chi connectivity index (χ0n) is 18.8. The molecule has 0 radical (unpaired) electrons. The Morgan fingerprint density at radius 3 is 1.26 bits per heavy atom. The van der Waals surface area contributed by atoms with Crippen molar-refractivity contribution in [3.63, 3.8) is 0 Å². The molecule has 1 aliphatic rings. The maximum atomic E-state index is 3.40. The molecular formula is C23H52N4. The third kappa shape index (κ3) is 25.8. The van der Waals surface area contributed by atoms with E-state index in [4.69, 9.17) is 0 Å². The van der Waals surface area contributed by atoms with Crippen molar-refractivity contribution in [3.05, 3.63) is 0 Å². The standard InChI is InChI=1S/C15H32.C8H20N4/c1-3-5-7-9-11-13-15-14-12-10-8-6-4-2;1-3-9-5-2-6-11-12-8-7-10-4-1/h3-15H2,1-2H3;9-12H,1-8H2. The fraction of sp³-hybridized carbons (Fsp3) is 1.00. The fourth-order valence-electron chi connectivity index (χ4n) is 3.31. The van der Waals surface area contributed by atoms with Crippen LogP contribution >= 0.6 is 0 Å². The van der Waals surface area contributed by atoms with Gasteiger partial charge in [0.1, 0.15) is 0 Å². The second-order valence-corrected chi connectivity index (χ2v) is 7.95. The summed E-state index contributed by atoms with van der Waals surface area (Å²) in [5.41, 5.74) is 6.34. The third-order valence-electron chi connectivity index (χ3n) is 5.12. The van der Waals surface area contributed by atoms with Crippen molar-refractivity contribution >= 4 is 0 Å². The summed E-state index contributed by atoms with van der Waals surface area (Å²) in [6.07, 6.45) is 21.3. The lowest BCUT2D eigenvalue weighted by atomic mass is 10.1. The molecule has 1 saturated heterocycles. The van der Waals surface area contributed by atoms with Gasteiger partial charge in [-0.15, -0.1) is 0 Å². The molecular weight excluding hydrogens is 332 g/mol. The minimum atomic E-state index is 1.01. The first kappa shape index (κ1) is 26.8. The van der Waals surface area contributed by atoms with Crippen molar-refractivity contribution in [3.8, 4) is 0 Å². The second kappa shape index (κ2) is 25.8. The zero-order chi connectivity index (χ0) is 19.7. The lowest BCUT2D eigenvalue weighted by Gasteiger charge is -2.11. The number of nitrogens with one attached hydrogen (secondary N) is 4. The van der Waals surface area contributed by atoms with E-state index in [1.165, 1.54) is 96.3 Å². The number of unbranched alkanes of at least 4 members (excludes halogenated alkanes) is 12. The summed E-state index contributed by atoms with van der Waals surface area (Å²) < 4.78 is 0. The van der Waals surface area contributed by atoms with Crippen LogP contribution in [0.5, 0.6) is 0 Å². The van der Waals surface area contributed by atoms with Gasteiger partial charge in [-0.25, -0.2) is 0 Å². The summed E-state index contributed by atoms with van der Waals surface area (Å²) in [4.78, 5) is 0. The molecule has 1 fully saturated rings. The molecule has 0 saturated carbocycles. The first-order valence-electron chi connectivity index (χ1n) is 12.3. The van der Waals surface area contributed by atoms with Crippen LogP contribution in [0.15, 0.2) is 0 Å². The number of hydrazine groups is 1. The van der Waals surface area contributed by atoms with Crippen molar-refractivity contribution in [2.45, 2.75) is 110 Å². The van der Waals surface area contributed by atoms with Gasteiger partial charge >= 0.3 is 0 Å². The van der Waals surface area contributed by atoms with Gasteiger partial charge in [-0.1, -0.05) is 97.3 Å². The van der Waals surface area contributed by atoms with E-state index in [0.29, 0.717) is 0 Å². The van der Waals surface area contributed by atoms with Crippen molar-refractivity contribution in [2.24, 2.45) is 0 Å². The van der Waals surface area contributed by atoms with Gasteiger partial charge in [-0.3, -0.25) is 10.9 Å². The zero-order valence-corrected chi connectivity index (χ0v) is 18.8. The molecule has 4 nitrogen and oxygen atoms in total. The van der Waals surface area contributed by atoms with E-state index in [0.717, 1.165) is 39.3 Å². The average Bonchev–Trinajstić information content (AvgIpc) is 2.67. The highest BCUT2D eigenvalue weighted by molar-refractivity contribution is 4.56. The maximum absolute atomic E-state index is 3.40. The summed E-state index contributed by atoms with van der Waals surface area (Å²) in [6.45, 7) is 11.1. The summed E-state index contributed by atoms with van der Waals surface area (Å²) in [5.74, 6) is 0. The van der Waals surface area contributed by atoms with Crippen LogP contribution in [0.3, 0.4) is 0 Å². The molecule has 0 aromatic carbocycles. The van der Waals surface area contributed by atoms with Gasteiger partial charge < -0.3 is 10.6 Å². The Kier molecular flexibility index (Phi) is 25.7. The molecule has 0 aromatic heterocycles. The van der Waals surface area contributed by atoms with Gasteiger partial charge in [-0.2, -0.15) is 0 Å². The molecule has 0 bridgehead atoms. The number of hydrogen-bond donors (Lipinski definition) is 4. The molecule has 164 valence electrons. The molecule has 4 heteroatoms. The van der Waals surface area contributed by atoms with Crippen molar-refractivity contribution < 1.29 is 0 Å². The Morgan fingerprint density at radius 1 is 0.407 bits per heavy atom. The second-order valence-electron chi connectivity index (χ2n) is 7.95. The SMILES string of the molecule is C1CNCCCNNCCNC1.CCCCCCCCCCCCCCC. The van der Waals surface area contributed by atoms with Crippen LogP contribution < -0.4 is 21.5 Å². The molecule has 1 aliphatic heterocycles. The lowest BCUT2D eigenvalue weighted by molar-refractivity contribution is 0.478. The van der Waals surface area contributed by atoms with Gasteiger partial charge in [0.15, 0.2) is 0 Å². The summed E-state index contributed by atoms with van der Waals surface area (Å²) in [5, 5.41) is 6.76. The Hall–Kier alpha value is -0.160. The van der Waals surface area contributed by atoms with Gasteiger partial charge in [0, 0.05) is 19.6 Å². The molecule has 0 atom stereocenters. The van der Waals surface area contributed by atoms with E-state index in [9.17, 15) is 0 Å². The van der Waals surface area contributed by atoms with E-state index in [2.05, 4.69) is 35.3 Å². The van der Waals surface area contributed by atoms with Crippen LogP contribution in [-0.4, -0.2) is 39.3 Å². The van der Waals surface area contributed by atoms with E-state index in [1.54, 1.807) is 0 Å². The van der Waals surface area contributed by atoms with Gasteiger partial charge in [-0.05, 0) is 32.5 Å². The molecule has 0 aromatic rings. The Morgan fingerprint density at radius 2 is 0.778 bits per heavy atom. The molecule has 0 amide bonds. The first-order chi connectivity index (χ1) is 13.4. The highest BCUT2D eigenvalue weighted by atomic mass is 15.3. The number of rotatable bonds is 12. The van der Waals surface area contributed by atoms with Crippen LogP contribution in [-0.2, 0) is 0 Å². The van der Waals surface area contributed by atoms with E-state index >= 15 is 0 Å². The van der Waals surface area contributed by atoms with Gasteiger partial charge in [0.05, 0.1) is 0 Å². The van der Waals surface area contributed by atoms with Gasteiger partial charge in [0.2, 0.25) is 0 Å². The molecule has 27 heavy (non-hydrogen) atoms. The van der Waals surface area contributed by atoms with Crippen LogP contribution in [0, 0.1) is 0 Å². The summed E-state index contributed by atoms with van der Waals surface area (Å²) in [7, 11) is 0. The van der Waals surface area contributed by atoms with Crippen molar-refractivity contribution in [2.75, 3.05) is 39.3 Å². The molecule has 0 unspecified atom stereocenters. The Bertz CT molecular complexity index is 194. The predicted octanol–water partition coefficient (Wildman–Crippen LogP) is 5.15. The van der Waals surface area contributed by atoms with Crippen LogP contribution in [0.4, 0.5) is 0 Å². The van der Waals surface area contributed by atoms with E-state index in [1.807, 2.05) is 0 Å². The smallest absolute Gasteiger partial charge is 0.0225 e. The van der Waals surface area contributed by atoms with Gasteiger partial charge in [0.25, 0.3) is 0 Å². The largest absolute Gasteiger partial charge is 0.317 e. The highest BCUT2D eigenvalue weighted by Gasteiger charge is 1.93. The highest BCUT2D eigenvalue weighted by Crippen LogP contribution is 2.12. The summed E-state index contributed by atoms with van der Waals surface area (Å²) >= 11 is 0. The van der Waals surface area contributed by atoms with E-state index in [-0.39, 0.29) is 0 Å². The number of hydrogen-bond acceptors (Lipinski definition) is 4. The van der Waals surface area contributed by atoms with Crippen LogP contribution in [0.1, 0.15) is 110 Å². The Labute approximate surface area is 171 Å². The molecule has 1 rings (SSSR count). The topological polar surface area (TPSA) is 48.1 Å². The minimum absolute atomic E-state index is 1.01. The first-order valence-corrected chi connectivity index (χ1v) is 12.3. The fourth-order valence-corrected chi connectivity index (χ4v) is 3.31. The van der Waals surface area contributed by atoms with Crippen LogP contribution in [0.25, 0.3) is 0 Å². The quantitative estimate of drug-likeness (QED) is 0.351. The average molecular weight is 385 g/mol. The maximum Gasteiger partial charge on any atom is 0.0225 e. The van der Waals surface area contributed by atoms with E-state index < -0.39 is 0 Å². The normalized spacial score (nSPS) is 16.7. The molecule has 1 heterocycles. The Balaban J connectivity index is 0.000000511. The van der Waals surface area contributed by atoms with Crippen molar-refractivity contribution in [1.82, 2.24) is 21.5 Å². The predicted molar refractivity (Wildman–Crippen MR) is 122 cm³/mol. The third-order valence-corrected chi connectivity index (χ3v) is 5.12. The monoisotopic (exact) mass is 384 g/mol. The lowest BCUT2D eigenvalue weighted by Crippen LogP contribution is -2.39.